The van der Waals surface area contributed by atoms with E-state index in [4.69, 9.17) is 23.2 Å². The van der Waals surface area contributed by atoms with Crippen molar-refractivity contribution in [1.29, 1.82) is 0 Å². The molecule has 6 nitrogen and oxygen atoms in total. The molecule has 3 aromatic heterocycles. The molecule has 0 atom stereocenters. The normalized spacial score (nSPS) is 11.9. The highest BCUT2D eigenvalue weighted by Crippen LogP contribution is 2.21. The molecule has 0 radical (unpaired) electrons. The van der Waals surface area contributed by atoms with Crippen LogP contribution in [0.3, 0.4) is 0 Å². The molecule has 0 saturated heterocycles. The van der Waals surface area contributed by atoms with Gasteiger partial charge in [-0.2, -0.15) is 0 Å². The quantitative estimate of drug-likeness (QED) is 0.700. The molecule has 0 spiro atoms. The summed E-state index contributed by atoms with van der Waals surface area (Å²) < 4.78 is 28.8. The van der Waals surface area contributed by atoms with Gasteiger partial charge in [0.2, 0.25) is 10.0 Å². The number of nitrogens with zero attached hydrogens (tertiary/aromatic N) is 3. The van der Waals surface area contributed by atoms with Gasteiger partial charge in [-0.05, 0) is 18.2 Å². The number of imidazole rings is 1. The number of sulfonamides is 1. The molecule has 0 fully saturated rings. The lowest BCUT2D eigenvalue weighted by Gasteiger charge is -2.07. The first-order valence-corrected chi connectivity index (χ1v) is 8.93. The SMILES string of the molecule is O=S(=O)(NCCc1ncc2ccccn12)c1cnc(Cl)c(Cl)c1. The van der Waals surface area contributed by atoms with Crippen molar-refractivity contribution in [2.45, 2.75) is 11.3 Å². The number of pyridine rings is 2. The van der Waals surface area contributed by atoms with Crippen LogP contribution < -0.4 is 4.72 Å². The van der Waals surface area contributed by atoms with Gasteiger partial charge in [-0.3, -0.25) is 0 Å². The van der Waals surface area contributed by atoms with E-state index in [0.29, 0.717) is 6.42 Å². The summed E-state index contributed by atoms with van der Waals surface area (Å²) in [5.74, 6) is 0.774. The third-order valence-corrected chi connectivity index (χ3v) is 5.35. The van der Waals surface area contributed by atoms with Gasteiger partial charge in [0.05, 0.1) is 16.7 Å². The van der Waals surface area contributed by atoms with Crippen LogP contribution >= 0.6 is 23.2 Å². The Morgan fingerprint density at radius 3 is 2.78 bits per heavy atom. The van der Waals surface area contributed by atoms with E-state index in [-0.39, 0.29) is 21.6 Å². The molecule has 9 heteroatoms. The molecule has 3 aromatic rings. The molecule has 120 valence electrons. The summed E-state index contributed by atoms with van der Waals surface area (Å²) in [5.41, 5.74) is 0.957. The van der Waals surface area contributed by atoms with Crippen molar-refractivity contribution >= 4 is 38.7 Å². The molecule has 1 N–H and O–H groups in total. The highest BCUT2D eigenvalue weighted by molar-refractivity contribution is 7.89. The first-order valence-electron chi connectivity index (χ1n) is 6.69. The number of nitrogens with one attached hydrogen (secondary N) is 1. The number of hydrogen-bond donors (Lipinski definition) is 1. The van der Waals surface area contributed by atoms with Crippen LogP contribution in [0.4, 0.5) is 0 Å². The fourth-order valence-corrected chi connectivity index (χ4v) is 3.45. The number of aromatic nitrogens is 3. The lowest BCUT2D eigenvalue weighted by molar-refractivity contribution is 0.580. The van der Waals surface area contributed by atoms with Crippen LogP contribution in [0.5, 0.6) is 0 Å². The van der Waals surface area contributed by atoms with Crippen LogP contribution in [0, 0.1) is 0 Å². The fraction of sp³-hybridized carbons (Fsp3) is 0.143. The van der Waals surface area contributed by atoms with Crippen LogP contribution in [0.1, 0.15) is 5.82 Å². The maximum Gasteiger partial charge on any atom is 0.242 e. The molecular weight excluding hydrogens is 359 g/mol. The van der Waals surface area contributed by atoms with E-state index in [9.17, 15) is 8.42 Å². The van der Waals surface area contributed by atoms with Crippen LogP contribution in [-0.2, 0) is 16.4 Å². The molecule has 0 saturated carbocycles. The van der Waals surface area contributed by atoms with Gasteiger partial charge >= 0.3 is 0 Å². The molecular formula is C14H12Cl2N4O2S. The highest BCUT2D eigenvalue weighted by atomic mass is 35.5. The first kappa shape index (κ1) is 16.2. The lowest BCUT2D eigenvalue weighted by atomic mass is 10.4. The molecule has 23 heavy (non-hydrogen) atoms. The zero-order chi connectivity index (χ0) is 16.4. The zero-order valence-electron chi connectivity index (χ0n) is 11.8. The van der Waals surface area contributed by atoms with Crippen molar-refractivity contribution < 1.29 is 8.42 Å². The number of fused-ring (bicyclic) bond motifs is 1. The third-order valence-electron chi connectivity index (χ3n) is 3.24. The van der Waals surface area contributed by atoms with Crippen LogP contribution in [0.2, 0.25) is 10.2 Å². The minimum Gasteiger partial charge on any atom is -0.304 e. The van der Waals surface area contributed by atoms with Gasteiger partial charge < -0.3 is 4.40 Å². The van der Waals surface area contributed by atoms with E-state index in [2.05, 4.69) is 14.7 Å². The van der Waals surface area contributed by atoms with Gasteiger partial charge in [-0.25, -0.2) is 23.1 Å². The van der Waals surface area contributed by atoms with Gasteiger partial charge in [0, 0.05) is 25.4 Å². The van der Waals surface area contributed by atoms with Gasteiger partial charge in [-0.1, -0.05) is 29.3 Å². The Kier molecular flexibility index (Phi) is 4.54. The Morgan fingerprint density at radius 1 is 1.17 bits per heavy atom. The second kappa shape index (κ2) is 6.45. The summed E-state index contributed by atoms with van der Waals surface area (Å²) in [5, 5.41) is 0.156. The molecule has 3 rings (SSSR count). The average molecular weight is 371 g/mol. The summed E-state index contributed by atoms with van der Waals surface area (Å²) in [4.78, 5) is 8.00. The Hall–Kier alpha value is -1.67. The second-order valence-corrected chi connectivity index (χ2v) is 7.29. The van der Waals surface area contributed by atoms with Crippen molar-refractivity contribution in [3.63, 3.8) is 0 Å². The highest BCUT2D eigenvalue weighted by Gasteiger charge is 2.16. The molecule has 0 aliphatic heterocycles. The monoisotopic (exact) mass is 370 g/mol. The van der Waals surface area contributed by atoms with E-state index < -0.39 is 10.0 Å². The molecule has 0 amide bonds. The van der Waals surface area contributed by atoms with Gasteiger partial charge in [0.15, 0.2) is 0 Å². The third kappa shape index (κ3) is 3.48. The summed E-state index contributed by atoms with van der Waals surface area (Å²) in [6.45, 7) is 0.205. The van der Waals surface area contributed by atoms with E-state index in [0.717, 1.165) is 11.3 Å². The molecule has 0 aromatic carbocycles. The lowest BCUT2D eigenvalue weighted by Crippen LogP contribution is -2.26. The Balaban J connectivity index is 1.71. The Labute approximate surface area is 143 Å². The van der Waals surface area contributed by atoms with Crippen molar-refractivity contribution in [2.75, 3.05) is 6.54 Å². The van der Waals surface area contributed by atoms with E-state index in [1.165, 1.54) is 12.3 Å². The number of rotatable bonds is 5. The maximum atomic E-state index is 12.2. The van der Waals surface area contributed by atoms with Crippen LogP contribution in [0.15, 0.2) is 47.8 Å². The summed E-state index contributed by atoms with van der Waals surface area (Å²) in [7, 11) is -3.70. The Bertz CT molecular complexity index is 956. The zero-order valence-corrected chi connectivity index (χ0v) is 14.1. The largest absolute Gasteiger partial charge is 0.304 e. The van der Waals surface area contributed by atoms with E-state index in [1.807, 2.05) is 28.8 Å². The van der Waals surface area contributed by atoms with E-state index >= 15 is 0 Å². The summed E-state index contributed by atoms with van der Waals surface area (Å²) in [6, 6.07) is 7.01. The average Bonchev–Trinajstić information content (AvgIpc) is 2.93. The van der Waals surface area contributed by atoms with Crippen molar-refractivity contribution in [1.82, 2.24) is 19.1 Å². The van der Waals surface area contributed by atoms with Crippen molar-refractivity contribution in [2.24, 2.45) is 0 Å². The van der Waals surface area contributed by atoms with Gasteiger partial charge in [0.1, 0.15) is 15.9 Å². The molecule has 0 bridgehead atoms. The fourth-order valence-electron chi connectivity index (χ4n) is 2.12. The standard InChI is InChI=1S/C14H12Cl2N4O2S/c15-12-7-11(9-18-14(12)16)23(21,22)19-5-4-13-17-8-10-3-1-2-6-20(10)13/h1-3,6-9,19H,4-5H2. The molecule has 0 aliphatic carbocycles. The first-order chi connectivity index (χ1) is 11.0. The minimum atomic E-state index is -3.70. The number of halogens is 2. The molecule has 0 unspecified atom stereocenters. The van der Waals surface area contributed by atoms with Gasteiger partial charge in [0.25, 0.3) is 0 Å². The van der Waals surface area contributed by atoms with Crippen LogP contribution in [-0.4, -0.2) is 29.3 Å². The molecule has 3 heterocycles. The summed E-state index contributed by atoms with van der Waals surface area (Å²) >= 11 is 11.5. The smallest absolute Gasteiger partial charge is 0.242 e. The predicted molar refractivity (Wildman–Crippen MR) is 88.3 cm³/mol. The van der Waals surface area contributed by atoms with E-state index in [1.54, 1.807) is 6.20 Å². The Morgan fingerprint density at radius 2 is 2.00 bits per heavy atom. The van der Waals surface area contributed by atoms with Crippen molar-refractivity contribution in [3.8, 4) is 0 Å². The second-order valence-electron chi connectivity index (χ2n) is 4.76. The molecule has 0 aliphatic rings. The van der Waals surface area contributed by atoms with Gasteiger partial charge in [-0.15, -0.1) is 0 Å². The predicted octanol–water partition coefficient (Wildman–Crippen LogP) is 2.56. The number of hydrogen-bond acceptors (Lipinski definition) is 4. The summed E-state index contributed by atoms with van der Waals surface area (Å²) in [6.07, 6.45) is 5.25. The topological polar surface area (TPSA) is 76.4 Å². The van der Waals surface area contributed by atoms with Crippen LogP contribution in [0.25, 0.3) is 5.52 Å². The minimum absolute atomic E-state index is 0.0279. The maximum absolute atomic E-state index is 12.2. The van der Waals surface area contributed by atoms with Crippen molar-refractivity contribution in [3.05, 3.63) is 58.9 Å².